The van der Waals surface area contributed by atoms with Crippen LogP contribution in [-0.2, 0) is 11.3 Å². The minimum atomic E-state index is -0.654. The first-order valence-electron chi connectivity index (χ1n) is 7.24. The molecule has 3 aromatic rings. The highest BCUT2D eigenvalue weighted by Crippen LogP contribution is 2.15. The van der Waals surface area contributed by atoms with E-state index >= 15 is 0 Å². The van der Waals surface area contributed by atoms with Crippen molar-refractivity contribution in [2.45, 2.75) is 27.4 Å². The molecule has 0 radical (unpaired) electrons. The molecule has 0 atom stereocenters. The molecule has 2 aromatic heterocycles. The maximum absolute atomic E-state index is 13.0. The van der Waals surface area contributed by atoms with Crippen LogP contribution in [0.1, 0.15) is 33.5 Å². The van der Waals surface area contributed by atoms with E-state index in [4.69, 9.17) is 9.26 Å². The van der Waals surface area contributed by atoms with E-state index in [1.807, 2.05) is 0 Å². The van der Waals surface area contributed by atoms with E-state index in [1.165, 1.54) is 16.8 Å². The van der Waals surface area contributed by atoms with Crippen LogP contribution >= 0.6 is 0 Å². The number of hydrogen-bond acceptors (Lipinski definition) is 6. The van der Waals surface area contributed by atoms with Gasteiger partial charge in [0.2, 0.25) is 0 Å². The van der Waals surface area contributed by atoms with Crippen molar-refractivity contribution < 1.29 is 18.4 Å². The van der Waals surface area contributed by atoms with Gasteiger partial charge in [0, 0.05) is 0 Å². The fraction of sp³-hybridized carbons (Fsp3) is 0.250. The van der Waals surface area contributed by atoms with Gasteiger partial charge < -0.3 is 9.26 Å². The van der Waals surface area contributed by atoms with Gasteiger partial charge in [-0.15, -0.1) is 5.10 Å². The molecule has 2 heterocycles. The van der Waals surface area contributed by atoms with E-state index in [2.05, 4.69) is 15.2 Å². The monoisotopic (exact) mass is 330 g/mol. The lowest BCUT2D eigenvalue weighted by molar-refractivity contribution is 0.0456. The summed E-state index contributed by atoms with van der Waals surface area (Å²) in [6.07, 6.45) is 0. The minimum Gasteiger partial charge on any atom is -0.455 e. The lowest BCUT2D eigenvalue weighted by Crippen LogP contribution is -2.09. The highest BCUT2D eigenvalue weighted by atomic mass is 19.1. The Morgan fingerprint density at radius 2 is 1.96 bits per heavy atom. The normalized spacial score (nSPS) is 10.8. The molecular formula is C16H15FN4O3. The van der Waals surface area contributed by atoms with Crippen LogP contribution in [0.15, 0.2) is 28.8 Å². The third kappa shape index (κ3) is 3.03. The largest absolute Gasteiger partial charge is 0.455 e. The molecule has 0 spiro atoms. The molecule has 0 fully saturated rings. The first-order valence-corrected chi connectivity index (χ1v) is 7.24. The van der Waals surface area contributed by atoms with Crippen LogP contribution in [0.25, 0.3) is 5.69 Å². The van der Waals surface area contributed by atoms with Crippen molar-refractivity contribution in [1.82, 2.24) is 19.9 Å². The van der Waals surface area contributed by atoms with Crippen molar-refractivity contribution >= 4 is 5.97 Å². The molecule has 0 bridgehead atoms. The van der Waals surface area contributed by atoms with Gasteiger partial charge in [-0.05, 0) is 45.0 Å². The Balaban J connectivity index is 1.76. The third-order valence-electron chi connectivity index (χ3n) is 3.55. The van der Waals surface area contributed by atoms with Crippen molar-refractivity contribution in [3.63, 3.8) is 0 Å². The van der Waals surface area contributed by atoms with Gasteiger partial charge in [-0.25, -0.2) is 18.9 Å². The second kappa shape index (κ2) is 6.23. The summed E-state index contributed by atoms with van der Waals surface area (Å²) in [5, 5.41) is 7.92. The molecule has 0 aliphatic rings. The zero-order valence-electron chi connectivity index (χ0n) is 13.4. The molecule has 1 aromatic carbocycles. The van der Waals surface area contributed by atoms with E-state index in [9.17, 15) is 9.18 Å². The average molecular weight is 330 g/mol. The van der Waals surface area contributed by atoms with Crippen molar-refractivity contribution in [1.29, 1.82) is 0 Å². The standard InChI is InChI=1S/C16H15FN4O3/c1-9-14(10(2)24-20-9)8-23-16(22)15-18-11(3)21(19-15)13-6-4-12(17)5-7-13/h4-7H,8H2,1-3H3. The van der Waals surface area contributed by atoms with Gasteiger partial charge in [-0.3, -0.25) is 0 Å². The summed E-state index contributed by atoms with van der Waals surface area (Å²) in [5.74, 6) is 0.0188. The third-order valence-corrected chi connectivity index (χ3v) is 3.55. The van der Waals surface area contributed by atoms with Crippen LogP contribution in [0.4, 0.5) is 4.39 Å². The molecule has 0 aliphatic carbocycles. The fourth-order valence-corrected chi connectivity index (χ4v) is 2.21. The second-order valence-electron chi connectivity index (χ2n) is 5.25. The summed E-state index contributed by atoms with van der Waals surface area (Å²) >= 11 is 0. The van der Waals surface area contributed by atoms with Crippen LogP contribution in [-0.4, -0.2) is 25.9 Å². The molecule has 24 heavy (non-hydrogen) atoms. The first-order chi connectivity index (χ1) is 11.5. The summed E-state index contributed by atoms with van der Waals surface area (Å²) < 4.78 is 24.7. The maximum atomic E-state index is 13.0. The lowest BCUT2D eigenvalue weighted by Gasteiger charge is -2.02. The number of carbonyl (C=O) groups is 1. The Kier molecular flexibility index (Phi) is 4.11. The summed E-state index contributed by atoms with van der Waals surface area (Å²) in [6.45, 7) is 5.24. The average Bonchev–Trinajstić information content (AvgIpc) is 3.09. The van der Waals surface area contributed by atoms with Gasteiger partial charge in [-0.2, -0.15) is 0 Å². The van der Waals surface area contributed by atoms with Crippen molar-refractivity contribution in [2.24, 2.45) is 0 Å². The van der Waals surface area contributed by atoms with Gasteiger partial charge in [-0.1, -0.05) is 5.16 Å². The zero-order chi connectivity index (χ0) is 17.3. The molecule has 0 aliphatic heterocycles. The number of halogens is 1. The first kappa shape index (κ1) is 15.9. The Morgan fingerprint density at radius 1 is 1.25 bits per heavy atom. The molecule has 0 saturated heterocycles. The number of benzene rings is 1. The molecule has 124 valence electrons. The van der Waals surface area contributed by atoms with Crippen molar-refractivity contribution in [2.75, 3.05) is 0 Å². The van der Waals surface area contributed by atoms with Crippen LogP contribution in [0.5, 0.6) is 0 Å². The number of aryl methyl sites for hydroxylation is 3. The molecule has 0 amide bonds. The van der Waals surface area contributed by atoms with Gasteiger partial charge in [0.25, 0.3) is 5.82 Å². The van der Waals surface area contributed by atoms with E-state index < -0.39 is 5.97 Å². The van der Waals surface area contributed by atoms with Gasteiger partial charge >= 0.3 is 5.97 Å². The number of hydrogen-bond donors (Lipinski definition) is 0. The molecular weight excluding hydrogens is 315 g/mol. The predicted octanol–water partition coefficient (Wildman–Crippen LogP) is 2.68. The highest BCUT2D eigenvalue weighted by molar-refractivity contribution is 5.85. The molecule has 7 nitrogen and oxygen atoms in total. The molecule has 3 rings (SSSR count). The molecule has 0 saturated carbocycles. The Labute approximate surface area is 137 Å². The van der Waals surface area contributed by atoms with E-state index in [1.54, 1.807) is 32.9 Å². The van der Waals surface area contributed by atoms with E-state index in [0.29, 0.717) is 23.0 Å². The van der Waals surface area contributed by atoms with Crippen LogP contribution in [0.3, 0.4) is 0 Å². The number of esters is 1. The Morgan fingerprint density at radius 3 is 2.58 bits per heavy atom. The van der Waals surface area contributed by atoms with E-state index in [0.717, 1.165) is 5.56 Å². The number of carbonyl (C=O) groups excluding carboxylic acids is 1. The van der Waals surface area contributed by atoms with Gasteiger partial charge in [0.1, 0.15) is 24.0 Å². The topological polar surface area (TPSA) is 83.0 Å². The van der Waals surface area contributed by atoms with Crippen molar-refractivity contribution in [3.05, 3.63) is 58.7 Å². The minimum absolute atomic E-state index is 0.0319. The summed E-state index contributed by atoms with van der Waals surface area (Å²) in [4.78, 5) is 16.2. The number of rotatable bonds is 4. The Hall–Kier alpha value is -3.03. The van der Waals surface area contributed by atoms with Gasteiger partial charge in [0.15, 0.2) is 0 Å². The van der Waals surface area contributed by atoms with Gasteiger partial charge in [0.05, 0.1) is 16.9 Å². The fourth-order valence-electron chi connectivity index (χ4n) is 2.21. The lowest BCUT2D eigenvalue weighted by atomic mass is 10.2. The number of aromatic nitrogens is 4. The number of nitrogens with zero attached hydrogens (tertiary/aromatic N) is 4. The van der Waals surface area contributed by atoms with Crippen LogP contribution < -0.4 is 0 Å². The van der Waals surface area contributed by atoms with Crippen LogP contribution in [0, 0.1) is 26.6 Å². The predicted molar refractivity (Wildman–Crippen MR) is 81.2 cm³/mol. The molecule has 0 N–H and O–H groups in total. The summed E-state index contributed by atoms with van der Waals surface area (Å²) in [7, 11) is 0. The zero-order valence-corrected chi connectivity index (χ0v) is 13.4. The van der Waals surface area contributed by atoms with E-state index in [-0.39, 0.29) is 18.2 Å². The summed E-state index contributed by atoms with van der Waals surface area (Å²) in [5.41, 5.74) is 1.99. The molecule has 8 heteroatoms. The van der Waals surface area contributed by atoms with Crippen molar-refractivity contribution in [3.8, 4) is 5.69 Å². The molecule has 0 unspecified atom stereocenters. The van der Waals surface area contributed by atoms with Crippen LogP contribution in [0.2, 0.25) is 0 Å². The number of ether oxygens (including phenoxy) is 1. The smallest absolute Gasteiger partial charge is 0.378 e. The maximum Gasteiger partial charge on any atom is 0.378 e. The quantitative estimate of drug-likeness (QED) is 0.684. The highest BCUT2D eigenvalue weighted by Gasteiger charge is 2.18. The second-order valence-corrected chi connectivity index (χ2v) is 5.25. The Bertz CT molecular complexity index is 864. The SMILES string of the molecule is Cc1noc(C)c1COC(=O)c1nc(C)n(-c2ccc(F)cc2)n1. The summed E-state index contributed by atoms with van der Waals surface area (Å²) in [6, 6.07) is 5.73.